The summed E-state index contributed by atoms with van der Waals surface area (Å²) in [6.07, 6.45) is 4.53. The molecule has 1 saturated heterocycles. The van der Waals surface area contributed by atoms with Gasteiger partial charge in [-0.1, -0.05) is 13.0 Å². The number of nitrogens with zero attached hydrogens (tertiary/aromatic N) is 1. The zero-order valence-corrected chi connectivity index (χ0v) is 12.7. The number of rotatable bonds is 4. The lowest BCUT2D eigenvalue weighted by Crippen LogP contribution is -2.40. The minimum atomic E-state index is -0.411. The van der Waals surface area contributed by atoms with Crippen LogP contribution < -0.4 is 5.32 Å². The predicted molar refractivity (Wildman–Crippen MR) is 82.1 cm³/mol. The number of hydrogen-bond acceptors (Lipinski definition) is 3. The standard InChI is InChI=1S/C17H22N2O2/c1-3-11(2)19-16(20)10-15(17(19)21)18-14-8-7-12-5-4-6-13(12)9-14/h7-9,11,15,18H,3-6,10H2,1-2H3. The van der Waals surface area contributed by atoms with Crippen molar-refractivity contribution in [3.05, 3.63) is 29.3 Å². The van der Waals surface area contributed by atoms with Crippen molar-refractivity contribution >= 4 is 17.5 Å². The van der Waals surface area contributed by atoms with Gasteiger partial charge in [-0.05, 0) is 55.9 Å². The van der Waals surface area contributed by atoms with Crippen LogP contribution in [0.3, 0.4) is 0 Å². The van der Waals surface area contributed by atoms with Crippen LogP contribution in [0.25, 0.3) is 0 Å². The molecule has 1 N–H and O–H groups in total. The highest BCUT2D eigenvalue weighted by atomic mass is 16.2. The van der Waals surface area contributed by atoms with Crippen LogP contribution in [-0.4, -0.2) is 28.8 Å². The molecule has 112 valence electrons. The van der Waals surface area contributed by atoms with Crippen molar-refractivity contribution in [1.82, 2.24) is 4.90 Å². The van der Waals surface area contributed by atoms with E-state index in [2.05, 4.69) is 17.4 Å². The summed E-state index contributed by atoms with van der Waals surface area (Å²) in [6, 6.07) is 5.86. The van der Waals surface area contributed by atoms with Gasteiger partial charge in [-0.15, -0.1) is 0 Å². The largest absolute Gasteiger partial charge is 0.373 e. The van der Waals surface area contributed by atoms with Gasteiger partial charge in [0.15, 0.2) is 0 Å². The first kappa shape index (κ1) is 14.1. The molecule has 2 aliphatic rings. The van der Waals surface area contributed by atoms with E-state index in [-0.39, 0.29) is 24.3 Å². The molecule has 1 aromatic rings. The minimum Gasteiger partial charge on any atom is -0.373 e. The van der Waals surface area contributed by atoms with Crippen LogP contribution >= 0.6 is 0 Å². The second kappa shape index (κ2) is 5.51. The summed E-state index contributed by atoms with van der Waals surface area (Å²) in [6.45, 7) is 3.92. The van der Waals surface area contributed by atoms with Crippen LogP contribution in [-0.2, 0) is 22.4 Å². The van der Waals surface area contributed by atoms with E-state index in [4.69, 9.17) is 0 Å². The quantitative estimate of drug-likeness (QED) is 0.865. The maximum absolute atomic E-state index is 12.4. The third kappa shape index (κ3) is 2.55. The SMILES string of the molecule is CCC(C)N1C(=O)CC(Nc2ccc3c(c2)CCC3)C1=O. The number of carbonyl (C=O) groups excluding carboxylic acids is 2. The Balaban J connectivity index is 1.74. The number of imide groups is 1. The topological polar surface area (TPSA) is 49.4 Å². The first-order valence-electron chi connectivity index (χ1n) is 7.84. The first-order chi connectivity index (χ1) is 10.1. The van der Waals surface area contributed by atoms with Crippen molar-refractivity contribution in [3.8, 4) is 0 Å². The highest BCUT2D eigenvalue weighted by Gasteiger charge is 2.40. The molecule has 2 amide bonds. The van der Waals surface area contributed by atoms with Crippen LogP contribution in [0.15, 0.2) is 18.2 Å². The van der Waals surface area contributed by atoms with Crippen molar-refractivity contribution in [2.24, 2.45) is 0 Å². The molecule has 21 heavy (non-hydrogen) atoms. The van der Waals surface area contributed by atoms with Gasteiger partial charge < -0.3 is 5.32 Å². The third-order valence-corrected chi connectivity index (χ3v) is 4.65. The molecule has 1 heterocycles. The van der Waals surface area contributed by atoms with Crippen molar-refractivity contribution in [2.75, 3.05) is 5.32 Å². The molecule has 1 aliphatic carbocycles. The minimum absolute atomic E-state index is 0.0168. The smallest absolute Gasteiger partial charge is 0.252 e. The number of anilines is 1. The van der Waals surface area contributed by atoms with Crippen molar-refractivity contribution in [3.63, 3.8) is 0 Å². The Labute approximate surface area is 125 Å². The Kier molecular flexibility index (Phi) is 3.70. The maximum Gasteiger partial charge on any atom is 0.252 e. The lowest BCUT2D eigenvalue weighted by atomic mass is 10.1. The number of benzene rings is 1. The van der Waals surface area contributed by atoms with Gasteiger partial charge in [-0.3, -0.25) is 14.5 Å². The van der Waals surface area contributed by atoms with Gasteiger partial charge in [0.2, 0.25) is 5.91 Å². The summed E-state index contributed by atoms with van der Waals surface area (Å²) in [5.74, 6) is -0.150. The van der Waals surface area contributed by atoms with E-state index >= 15 is 0 Å². The van der Waals surface area contributed by atoms with Gasteiger partial charge in [0, 0.05) is 11.7 Å². The molecule has 0 radical (unpaired) electrons. The van der Waals surface area contributed by atoms with Crippen molar-refractivity contribution in [2.45, 2.75) is 58.0 Å². The molecule has 0 bridgehead atoms. The summed E-state index contributed by atoms with van der Waals surface area (Å²) < 4.78 is 0. The van der Waals surface area contributed by atoms with Crippen LogP contribution in [0.1, 0.15) is 44.2 Å². The number of nitrogens with one attached hydrogen (secondary N) is 1. The zero-order valence-electron chi connectivity index (χ0n) is 12.7. The molecule has 4 nitrogen and oxygen atoms in total. The summed E-state index contributed by atoms with van der Waals surface area (Å²) in [5.41, 5.74) is 3.74. The Morgan fingerprint density at radius 3 is 2.81 bits per heavy atom. The van der Waals surface area contributed by atoms with Crippen molar-refractivity contribution in [1.29, 1.82) is 0 Å². The third-order valence-electron chi connectivity index (χ3n) is 4.65. The predicted octanol–water partition coefficient (Wildman–Crippen LogP) is 2.51. The fourth-order valence-electron chi connectivity index (χ4n) is 3.27. The van der Waals surface area contributed by atoms with Crippen molar-refractivity contribution < 1.29 is 9.59 Å². The van der Waals surface area contributed by atoms with E-state index in [9.17, 15) is 9.59 Å². The van der Waals surface area contributed by atoms with Crippen LogP contribution in [0.2, 0.25) is 0 Å². The highest BCUT2D eigenvalue weighted by Crippen LogP contribution is 2.27. The second-order valence-corrected chi connectivity index (χ2v) is 6.10. The molecule has 2 unspecified atom stereocenters. The van der Waals surface area contributed by atoms with Gasteiger partial charge >= 0.3 is 0 Å². The number of carbonyl (C=O) groups is 2. The molecule has 2 atom stereocenters. The molecule has 0 spiro atoms. The molecule has 3 rings (SSSR count). The average molecular weight is 286 g/mol. The average Bonchev–Trinajstić information content (AvgIpc) is 3.03. The fraction of sp³-hybridized carbons (Fsp3) is 0.529. The summed E-state index contributed by atoms with van der Waals surface area (Å²) in [7, 11) is 0. The summed E-state index contributed by atoms with van der Waals surface area (Å²) >= 11 is 0. The van der Waals surface area contributed by atoms with Gasteiger partial charge in [0.05, 0.1) is 6.42 Å². The van der Waals surface area contributed by atoms with E-state index < -0.39 is 6.04 Å². The van der Waals surface area contributed by atoms with E-state index in [1.54, 1.807) is 0 Å². The van der Waals surface area contributed by atoms with Gasteiger partial charge in [0.1, 0.15) is 6.04 Å². The number of hydrogen-bond donors (Lipinski definition) is 1. The van der Waals surface area contributed by atoms with Gasteiger partial charge in [-0.25, -0.2) is 0 Å². The lowest BCUT2D eigenvalue weighted by Gasteiger charge is -2.22. The number of aryl methyl sites for hydroxylation is 2. The number of amides is 2. The Morgan fingerprint density at radius 2 is 2.05 bits per heavy atom. The summed E-state index contributed by atoms with van der Waals surface area (Å²) in [5, 5.41) is 3.25. The monoisotopic (exact) mass is 286 g/mol. The maximum atomic E-state index is 12.4. The molecule has 1 aliphatic heterocycles. The van der Waals surface area contributed by atoms with Crippen LogP contribution in [0, 0.1) is 0 Å². The number of likely N-dealkylation sites (tertiary alicyclic amines) is 1. The van der Waals surface area contributed by atoms with Gasteiger partial charge in [-0.2, -0.15) is 0 Å². The van der Waals surface area contributed by atoms with E-state index in [0.29, 0.717) is 0 Å². The van der Waals surface area contributed by atoms with E-state index in [0.717, 1.165) is 24.9 Å². The molecule has 1 aromatic carbocycles. The molecule has 0 saturated carbocycles. The lowest BCUT2D eigenvalue weighted by molar-refractivity contribution is -0.140. The summed E-state index contributed by atoms with van der Waals surface area (Å²) in [4.78, 5) is 25.9. The molecule has 4 heteroatoms. The Hall–Kier alpha value is -1.84. The Bertz CT molecular complexity index is 582. The number of fused-ring (bicyclic) bond motifs is 1. The van der Waals surface area contributed by atoms with Crippen LogP contribution in [0.5, 0.6) is 0 Å². The Morgan fingerprint density at radius 1 is 1.29 bits per heavy atom. The molecular formula is C17H22N2O2. The fourth-order valence-corrected chi connectivity index (χ4v) is 3.27. The first-order valence-corrected chi connectivity index (χ1v) is 7.84. The van der Waals surface area contributed by atoms with Crippen LogP contribution in [0.4, 0.5) is 5.69 Å². The highest BCUT2D eigenvalue weighted by molar-refractivity contribution is 6.07. The molecule has 1 fully saturated rings. The van der Waals surface area contributed by atoms with E-state index in [1.807, 2.05) is 19.9 Å². The second-order valence-electron chi connectivity index (χ2n) is 6.10. The molecule has 0 aromatic heterocycles. The molecular weight excluding hydrogens is 264 g/mol. The van der Waals surface area contributed by atoms with E-state index in [1.165, 1.54) is 22.4 Å². The normalized spacial score (nSPS) is 22.6. The van der Waals surface area contributed by atoms with Gasteiger partial charge in [0.25, 0.3) is 5.91 Å². The zero-order chi connectivity index (χ0) is 15.0.